The molecule has 1 N–H and O–H groups in total. The van der Waals surface area contributed by atoms with Gasteiger partial charge in [-0.3, -0.25) is 9.59 Å². The smallest absolute Gasteiger partial charge is 0.329 e. The second-order valence-corrected chi connectivity index (χ2v) is 12.3. The summed E-state index contributed by atoms with van der Waals surface area (Å²) < 4.78 is 5.51. The molecule has 5 nitrogen and oxygen atoms in total. The zero-order valence-electron chi connectivity index (χ0n) is 20.8. The first-order chi connectivity index (χ1) is 15.5. The van der Waals surface area contributed by atoms with Gasteiger partial charge in [-0.15, -0.1) is 0 Å². The summed E-state index contributed by atoms with van der Waals surface area (Å²) in [5.41, 5.74) is 1.37. The van der Waals surface area contributed by atoms with E-state index in [4.69, 9.17) is 4.74 Å². The zero-order chi connectivity index (χ0) is 24.0. The summed E-state index contributed by atoms with van der Waals surface area (Å²) >= 11 is 0. The first-order valence-electron chi connectivity index (χ1n) is 12.6. The van der Waals surface area contributed by atoms with Crippen LogP contribution in [0.15, 0.2) is 24.3 Å². The van der Waals surface area contributed by atoms with Gasteiger partial charge in [-0.2, -0.15) is 0 Å². The highest BCUT2D eigenvalue weighted by Gasteiger charge is 2.54. The van der Waals surface area contributed by atoms with Crippen molar-refractivity contribution in [2.75, 3.05) is 6.61 Å². The highest BCUT2D eigenvalue weighted by Crippen LogP contribution is 2.60. The number of hydrogen-bond donors (Lipinski definition) is 1. The van der Waals surface area contributed by atoms with E-state index in [-0.39, 0.29) is 35.0 Å². The van der Waals surface area contributed by atoms with Gasteiger partial charge in [0.2, 0.25) is 0 Å². The number of rotatable bonds is 7. The maximum absolute atomic E-state index is 13.2. The molecule has 5 heteroatoms. The summed E-state index contributed by atoms with van der Waals surface area (Å²) in [6.07, 6.45) is 6.69. The molecule has 0 radical (unpaired) electrons. The first-order valence-corrected chi connectivity index (χ1v) is 12.6. The van der Waals surface area contributed by atoms with Crippen LogP contribution in [0, 0.1) is 29.1 Å². The molecule has 5 rings (SSSR count). The van der Waals surface area contributed by atoms with Crippen molar-refractivity contribution >= 4 is 17.7 Å². The van der Waals surface area contributed by atoms with Crippen LogP contribution >= 0.6 is 0 Å². The molecule has 0 saturated heterocycles. The van der Waals surface area contributed by atoms with Crippen LogP contribution in [-0.4, -0.2) is 30.3 Å². The molecular formula is C28H39NO4. The quantitative estimate of drug-likeness (QED) is 0.585. The minimum absolute atomic E-state index is 0.00249. The lowest BCUT2D eigenvalue weighted by molar-refractivity contribution is -0.159. The van der Waals surface area contributed by atoms with Crippen molar-refractivity contribution in [3.05, 3.63) is 35.4 Å². The summed E-state index contributed by atoms with van der Waals surface area (Å²) in [5.74, 6) is 1.11. The third-order valence-electron chi connectivity index (χ3n) is 8.20. The summed E-state index contributed by atoms with van der Waals surface area (Å²) in [4.78, 5) is 38.9. The number of benzene rings is 1. The van der Waals surface area contributed by atoms with Crippen LogP contribution in [0.2, 0.25) is 0 Å². The molecule has 1 atom stereocenters. The Labute approximate surface area is 198 Å². The average Bonchev–Trinajstić information content (AvgIpc) is 2.73. The monoisotopic (exact) mass is 453 g/mol. The largest absolute Gasteiger partial charge is 0.456 e. The predicted octanol–water partition coefficient (Wildman–Crippen LogP) is 5.07. The topological polar surface area (TPSA) is 72.5 Å². The molecule has 0 unspecified atom stereocenters. The summed E-state index contributed by atoms with van der Waals surface area (Å²) in [6, 6.07) is 6.68. The molecule has 1 amide bonds. The van der Waals surface area contributed by atoms with Gasteiger partial charge in [-0.1, -0.05) is 46.8 Å². The third-order valence-corrected chi connectivity index (χ3v) is 8.20. The van der Waals surface area contributed by atoms with Gasteiger partial charge in [0, 0.05) is 11.0 Å². The maximum Gasteiger partial charge on any atom is 0.329 e. The summed E-state index contributed by atoms with van der Waals surface area (Å²) in [5, 5.41) is 2.83. The van der Waals surface area contributed by atoms with Crippen molar-refractivity contribution in [3.63, 3.8) is 0 Å². The molecule has 4 saturated carbocycles. The third kappa shape index (κ3) is 5.02. The van der Waals surface area contributed by atoms with Gasteiger partial charge >= 0.3 is 5.97 Å². The summed E-state index contributed by atoms with van der Waals surface area (Å²) in [7, 11) is 0. The number of carbonyl (C=O) groups excluding carboxylic acids is 3. The molecule has 4 aliphatic rings. The lowest BCUT2D eigenvalue weighted by Gasteiger charge is -2.55. The van der Waals surface area contributed by atoms with Gasteiger partial charge in [0.1, 0.15) is 6.04 Å². The van der Waals surface area contributed by atoms with Gasteiger partial charge in [0.15, 0.2) is 12.4 Å². The molecule has 0 aliphatic heterocycles. The van der Waals surface area contributed by atoms with Crippen molar-refractivity contribution in [2.24, 2.45) is 29.1 Å². The minimum atomic E-state index is -0.788. The average molecular weight is 454 g/mol. The number of carbonyl (C=O) groups is 3. The molecule has 180 valence electrons. The minimum Gasteiger partial charge on any atom is -0.456 e. The molecule has 0 spiro atoms. The van der Waals surface area contributed by atoms with Crippen LogP contribution in [0.1, 0.15) is 89.1 Å². The van der Waals surface area contributed by atoms with Gasteiger partial charge in [0.05, 0.1) is 0 Å². The highest BCUT2D eigenvalue weighted by atomic mass is 16.5. The molecule has 4 fully saturated rings. The Morgan fingerprint density at radius 1 is 0.970 bits per heavy atom. The van der Waals surface area contributed by atoms with Gasteiger partial charge in [-0.25, -0.2) is 4.79 Å². The van der Waals surface area contributed by atoms with Crippen LogP contribution in [0.3, 0.4) is 0 Å². The van der Waals surface area contributed by atoms with E-state index < -0.39 is 12.0 Å². The SMILES string of the molecule is CC(C)[C@@H](NC(=O)c1ccc(C(C)(C)C)cc1)C(=O)OCC(=O)C12CC3CC(CC(C3)C1)C2. The standard InChI is InChI=1S/C28H39NO4/c1-17(2)24(29-25(31)21-6-8-22(9-7-21)27(3,4)5)26(32)33-16-23(30)28-13-18-10-19(14-28)12-20(11-18)15-28/h6-9,17-20,24H,10-16H2,1-5H3,(H,29,31)/t18?,19?,20?,24-,28?/m1/s1. The van der Waals surface area contributed by atoms with Crippen LogP contribution in [0.4, 0.5) is 0 Å². The Bertz CT molecular complexity index is 874. The molecule has 0 aromatic heterocycles. The molecule has 4 bridgehead atoms. The van der Waals surface area contributed by atoms with E-state index in [1.54, 1.807) is 12.1 Å². The second-order valence-electron chi connectivity index (χ2n) is 12.3. The van der Waals surface area contributed by atoms with E-state index in [0.717, 1.165) is 24.8 Å². The number of ether oxygens (including phenoxy) is 1. The molecule has 33 heavy (non-hydrogen) atoms. The van der Waals surface area contributed by atoms with E-state index in [2.05, 4.69) is 26.1 Å². The van der Waals surface area contributed by atoms with Gasteiger partial charge in [0.25, 0.3) is 5.91 Å². The number of hydrogen-bond acceptors (Lipinski definition) is 4. The van der Waals surface area contributed by atoms with E-state index in [0.29, 0.717) is 23.3 Å². The zero-order valence-corrected chi connectivity index (χ0v) is 20.8. The molecular weight excluding hydrogens is 414 g/mol. The molecule has 1 aromatic carbocycles. The van der Waals surface area contributed by atoms with Crippen molar-refractivity contribution in [2.45, 2.75) is 84.6 Å². The van der Waals surface area contributed by atoms with E-state index in [1.807, 2.05) is 26.0 Å². The van der Waals surface area contributed by atoms with Gasteiger partial charge in [-0.05, 0) is 85.3 Å². The normalized spacial score (nSPS) is 29.1. The Kier molecular flexibility index (Phi) is 6.45. The van der Waals surface area contributed by atoms with Crippen molar-refractivity contribution in [1.29, 1.82) is 0 Å². The fourth-order valence-electron chi connectivity index (χ4n) is 6.68. The Hall–Kier alpha value is -2.17. The van der Waals surface area contributed by atoms with E-state index in [9.17, 15) is 14.4 Å². The molecule has 0 heterocycles. The Balaban J connectivity index is 1.35. The maximum atomic E-state index is 13.2. The number of amides is 1. The Morgan fingerprint density at radius 3 is 1.94 bits per heavy atom. The lowest BCUT2D eigenvalue weighted by Crippen LogP contribution is -2.51. The van der Waals surface area contributed by atoms with Crippen LogP contribution in [-0.2, 0) is 19.7 Å². The van der Waals surface area contributed by atoms with Crippen LogP contribution in [0.5, 0.6) is 0 Å². The number of esters is 1. The van der Waals surface area contributed by atoms with E-state index >= 15 is 0 Å². The van der Waals surface area contributed by atoms with Crippen molar-refractivity contribution < 1.29 is 19.1 Å². The Morgan fingerprint density at radius 2 is 1.48 bits per heavy atom. The summed E-state index contributed by atoms with van der Waals surface area (Å²) in [6.45, 7) is 9.93. The van der Waals surface area contributed by atoms with Gasteiger partial charge < -0.3 is 10.1 Å². The van der Waals surface area contributed by atoms with E-state index in [1.165, 1.54) is 19.3 Å². The first kappa shape index (κ1) is 24.0. The highest BCUT2D eigenvalue weighted by molar-refractivity contribution is 5.97. The molecule has 1 aromatic rings. The molecule has 4 aliphatic carbocycles. The number of nitrogens with one attached hydrogen (secondary N) is 1. The van der Waals surface area contributed by atoms with Crippen LogP contribution in [0.25, 0.3) is 0 Å². The fourth-order valence-corrected chi connectivity index (χ4v) is 6.68. The lowest BCUT2D eigenvalue weighted by atomic mass is 9.48. The number of ketones is 1. The number of Topliss-reactive ketones (excluding diaryl/α,β-unsaturated/α-hetero) is 1. The van der Waals surface area contributed by atoms with Crippen molar-refractivity contribution in [3.8, 4) is 0 Å². The van der Waals surface area contributed by atoms with Crippen molar-refractivity contribution in [1.82, 2.24) is 5.32 Å². The fraction of sp³-hybridized carbons (Fsp3) is 0.679. The predicted molar refractivity (Wildman–Crippen MR) is 128 cm³/mol. The van der Waals surface area contributed by atoms with Crippen LogP contribution < -0.4 is 5.32 Å². The second kappa shape index (κ2) is 8.88.